The molecule has 5 nitrogen and oxygen atoms in total. The molecular formula is C14H26N2O3. The maximum absolute atomic E-state index is 12.1. The molecule has 1 aliphatic rings. The van der Waals surface area contributed by atoms with E-state index in [9.17, 15) is 14.7 Å². The highest BCUT2D eigenvalue weighted by molar-refractivity contribution is 5.82. The Kier molecular flexibility index (Phi) is 6.67. The molecule has 1 fully saturated rings. The van der Waals surface area contributed by atoms with Gasteiger partial charge in [0, 0.05) is 13.1 Å². The van der Waals surface area contributed by atoms with Crippen molar-refractivity contribution in [2.24, 2.45) is 5.92 Å². The maximum Gasteiger partial charge on any atom is 0.326 e. The van der Waals surface area contributed by atoms with Crippen molar-refractivity contribution in [1.29, 1.82) is 0 Å². The Labute approximate surface area is 115 Å². The molecule has 0 saturated carbocycles. The van der Waals surface area contributed by atoms with Gasteiger partial charge in [0.05, 0.1) is 0 Å². The number of nitrogens with one attached hydrogen (secondary N) is 1. The van der Waals surface area contributed by atoms with Gasteiger partial charge < -0.3 is 15.3 Å². The second kappa shape index (κ2) is 8.02. The third-order valence-corrected chi connectivity index (χ3v) is 3.53. The summed E-state index contributed by atoms with van der Waals surface area (Å²) in [5.41, 5.74) is 0. The van der Waals surface area contributed by atoms with Gasteiger partial charge in [-0.05, 0) is 31.6 Å². The highest BCUT2D eigenvalue weighted by Crippen LogP contribution is 2.17. The van der Waals surface area contributed by atoms with Crippen molar-refractivity contribution in [3.8, 4) is 0 Å². The Morgan fingerprint density at radius 3 is 2.68 bits per heavy atom. The molecule has 2 amide bonds. The molecule has 0 bridgehead atoms. The molecule has 0 spiro atoms. The number of carboxylic acid groups (broad SMARTS) is 1. The lowest BCUT2D eigenvalue weighted by molar-refractivity contribution is -0.142. The average molecular weight is 270 g/mol. The maximum atomic E-state index is 12.1. The van der Waals surface area contributed by atoms with Crippen LogP contribution in [-0.4, -0.2) is 41.1 Å². The van der Waals surface area contributed by atoms with E-state index in [1.54, 1.807) is 0 Å². The Bertz CT molecular complexity index is 305. The summed E-state index contributed by atoms with van der Waals surface area (Å²) in [4.78, 5) is 24.8. The Morgan fingerprint density at radius 2 is 2.05 bits per heavy atom. The molecule has 1 aliphatic heterocycles. The van der Waals surface area contributed by atoms with Crippen LogP contribution in [0.15, 0.2) is 0 Å². The van der Waals surface area contributed by atoms with E-state index in [2.05, 4.69) is 19.2 Å². The molecule has 19 heavy (non-hydrogen) atoms. The molecule has 1 heterocycles. The standard InChI is InChI=1S/C14H26N2O3/c1-11(2)7-6-9-15-14(19)16-10-5-3-4-8-12(16)13(17)18/h11-12H,3-10H2,1-2H3,(H,15,19)(H,17,18). The van der Waals surface area contributed by atoms with Gasteiger partial charge in [0.25, 0.3) is 0 Å². The molecule has 1 rings (SSSR count). The Morgan fingerprint density at radius 1 is 1.32 bits per heavy atom. The van der Waals surface area contributed by atoms with Crippen molar-refractivity contribution in [3.63, 3.8) is 0 Å². The number of nitrogens with zero attached hydrogens (tertiary/aromatic N) is 1. The molecule has 1 atom stereocenters. The number of carboxylic acids is 1. The van der Waals surface area contributed by atoms with Crippen molar-refractivity contribution in [2.45, 2.75) is 58.4 Å². The smallest absolute Gasteiger partial charge is 0.326 e. The zero-order chi connectivity index (χ0) is 14.3. The molecule has 0 aliphatic carbocycles. The van der Waals surface area contributed by atoms with Gasteiger partial charge in [0.2, 0.25) is 0 Å². The number of carbonyl (C=O) groups excluding carboxylic acids is 1. The summed E-state index contributed by atoms with van der Waals surface area (Å²) >= 11 is 0. The number of amides is 2. The summed E-state index contributed by atoms with van der Waals surface area (Å²) in [6, 6.07) is -0.884. The van der Waals surface area contributed by atoms with Crippen LogP contribution in [0.3, 0.4) is 0 Å². The van der Waals surface area contributed by atoms with E-state index in [4.69, 9.17) is 0 Å². The molecule has 1 saturated heterocycles. The van der Waals surface area contributed by atoms with Crippen LogP contribution < -0.4 is 5.32 Å². The Balaban J connectivity index is 2.44. The number of carbonyl (C=O) groups is 2. The van der Waals surface area contributed by atoms with E-state index < -0.39 is 12.0 Å². The highest BCUT2D eigenvalue weighted by Gasteiger charge is 2.30. The van der Waals surface area contributed by atoms with Crippen LogP contribution in [0.25, 0.3) is 0 Å². The normalized spacial score (nSPS) is 20.2. The van der Waals surface area contributed by atoms with Crippen LogP contribution in [0.2, 0.25) is 0 Å². The van der Waals surface area contributed by atoms with Gasteiger partial charge in [0.1, 0.15) is 6.04 Å². The van der Waals surface area contributed by atoms with Gasteiger partial charge in [0.15, 0.2) is 0 Å². The number of urea groups is 1. The van der Waals surface area contributed by atoms with Crippen molar-refractivity contribution in [2.75, 3.05) is 13.1 Å². The molecule has 0 aromatic rings. The molecule has 0 aromatic carbocycles. The van der Waals surface area contributed by atoms with E-state index in [1.165, 1.54) is 4.90 Å². The fourth-order valence-corrected chi connectivity index (χ4v) is 2.42. The van der Waals surface area contributed by atoms with Gasteiger partial charge in [-0.2, -0.15) is 0 Å². The van der Waals surface area contributed by atoms with Crippen molar-refractivity contribution >= 4 is 12.0 Å². The van der Waals surface area contributed by atoms with Crippen LogP contribution in [0.5, 0.6) is 0 Å². The van der Waals surface area contributed by atoms with E-state index in [1.807, 2.05) is 0 Å². The SMILES string of the molecule is CC(C)CCCNC(=O)N1CCCCCC1C(=O)O. The van der Waals surface area contributed by atoms with Crippen LogP contribution in [0.1, 0.15) is 52.4 Å². The number of aliphatic carboxylic acids is 1. The van der Waals surface area contributed by atoms with Gasteiger partial charge in [-0.25, -0.2) is 9.59 Å². The van der Waals surface area contributed by atoms with Gasteiger partial charge >= 0.3 is 12.0 Å². The summed E-state index contributed by atoms with van der Waals surface area (Å²) in [7, 11) is 0. The zero-order valence-corrected chi connectivity index (χ0v) is 12.0. The number of rotatable bonds is 5. The summed E-state index contributed by atoms with van der Waals surface area (Å²) in [6.07, 6.45) is 5.35. The molecular weight excluding hydrogens is 244 g/mol. The van der Waals surface area contributed by atoms with Crippen molar-refractivity contribution < 1.29 is 14.7 Å². The van der Waals surface area contributed by atoms with Crippen molar-refractivity contribution in [1.82, 2.24) is 10.2 Å². The summed E-state index contributed by atoms with van der Waals surface area (Å²) in [5.74, 6) is -0.263. The second-order valence-corrected chi connectivity index (χ2v) is 5.66. The van der Waals surface area contributed by atoms with Crippen LogP contribution in [-0.2, 0) is 4.79 Å². The van der Waals surface area contributed by atoms with E-state index >= 15 is 0 Å². The van der Waals surface area contributed by atoms with Gasteiger partial charge in [-0.3, -0.25) is 0 Å². The first kappa shape index (κ1) is 15.8. The minimum Gasteiger partial charge on any atom is -0.480 e. The first-order valence-electron chi connectivity index (χ1n) is 7.29. The molecule has 0 radical (unpaired) electrons. The fraction of sp³-hybridized carbons (Fsp3) is 0.857. The summed E-state index contributed by atoms with van der Waals surface area (Å²) < 4.78 is 0. The lowest BCUT2D eigenvalue weighted by Gasteiger charge is -2.27. The topological polar surface area (TPSA) is 69.6 Å². The molecule has 0 aromatic heterocycles. The number of hydrogen-bond donors (Lipinski definition) is 2. The largest absolute Gasteiger partial charge is 0.480 e. The lowest BCUT2D eigenvalue weighted by Crippen LogP contribution is -2.49. The summed E-state index contributed by atoms with van der Waals surface area (Å²) in [5, 5.41) is 12.0. The number of likely N-dealkylation sites (tertiary alicyclic amines) is 1. The predicted molar refractivity (Wildman–Crippen MR) is 74.1 cm³/mol. The zero-order valence-electron chi connectivity index (χ0n) is 12.0. The third kappa shape index (κ3) is 5.49. The van der Waals surface area contributed by atoms with E-state index in [0.29, 0.717) is 25.4 Å². The van der Waals surface area contributed by atoms with Crippen LogP contribution in [0.4, 0.5) is 4.79 Å². The first-order valence-corrected chi connectivity index (χ1v) is 7.29. The van der Waals surface area contributed by atoms with Crippen LogP contribution >= 0.6 is 0 Å². The van der Waals surface area contributed by atoms with Crippen LogP contribution in [0, 0.1) is 5.92 Å². The average Bonchev–Trinajstić information content (AvgIpc) is 2.59. The minimum absolute atomic E-state index is 0.224. The van der Waals surface area contributed by atoms with Crippen molar-refractivity contribution in [3.05, 3.63) is 0 Å². The van der Waals surface area contributed by atoms with Gasteiger partial charge in [-0.1, -0.05) is 26.7 Å². The summed E-state index contributed by atoms with van der Waals surface area (Å²) in [6.45, 7) is 5.47. The first-order chi connectivity index (χ1) is 9.02. The fourth-order valence-electron chi connectivity index (χ4n) is 2.42. The van der Waals surface area contributed by atoms with Gasteiger partial charge in [-0.15, -0.1) is 0 Å². The third-order valence-electron chi connectivity index (χ3n) is 3.53. The van der Waals surface area contributed by atoms with E-state index in [0.717, 1.165) is 32.1 Å². The molecule has 1 unspecified atom stereocenters. The monoisotopic (exact) mass is 270 g/mol. The molecule has 2 N–H and O–H groups in total. The second-order valence-electron chi connectivity index (χ2n) is 5.66. The Hall–Kier alpha value is -1.26. The minimum atomic E-state index is -0.890. The quantitative estimate of drug-likeness (QED) is 0.754. The molecule has 110 valence electrons. The molecule has 5 heteroatoms. The lowest BCUT2D eigenvalue weighted by atomic mass is 10.1. The predicted octanol–water partition coefficient (Wildman–Crippen LogP) is 2.46. The highest BCUT2D eigenvalue weighted by atomic mass is 16.4. The number of hydrogen-bond acceptors (Lipinski definition) is 2. The van der Waals surface area contributed by atoms with E-state index in [-0.39, 0.29) is 6.03 Å².